The number of rotatable bonds is 2. The van der Waals surface area contributed by atoms with Crippen LogP contribution in [0.1, 0.15) is 16.9 Å². The molecule has 92 valence electrons. The fraction of sp³-hybridized carbons (Fsp3) is 0.375. The van der Waals surface area contributed by atoms with E-state index >= 15 is 0 Å². The van der Waals surface area contributed by atoms with Gasteiger partial charge < -0.3 is 5.32 Å². The summed E-state index contributed by atoms with van der Waals surface area (Å²) in [6.45, 7) is 4.56. The summed E-state index contributed by atoms with van der Waals surface area (Å²) in [5, 5.41) is 3.53. The van der Waals surface area contributed by atoms with Crippen molar-refractivity contribution in [3.8, 4) is 10.4 Å². The van der Waals surface area contributed by atoms with Crippen molar-refractivity contribution >= 4 is 11.3 Å². The van der Waals surface area contributed by atoms with Gasteiger partial charge in [0.15, 0.2) is 0 Å². The topological polar surface area (TPSA) is 12.0 Å². The highest BCUT2D eigenvalue weighted by atomic mass is 32.1. The van der Waals surface area contributed by atoms with Gasteiger partial charge in [-0.25, -0.2) is 0 Å². The van der Waals surface area contributed by atoms with Gasteiger partial charge in [0.05, 0.1) is 0 Å². The maximum Gasteiger partial charge on any atom is 0.0345 e. The highest BCUT2D eigenvalue weighted by Crippen LogP contribution is 2.56. The molecule has 0 unspecified atom stereocenters. The van der Waals surface area contributed by atoms with Gasteiger partial charge in [-0.05, 0) is 55.1 Å². The van der Waals surface area contributed by atoms with Crippen molar-refractivity contribution in [2.24, 2.45) is 5.92 Å². The normalized spacial score (nSPS) is 29.3. The number of thiophene rings is 1. The van der Waals surface area contributed by atoms with Crippen LogP contribution in [-0.2, 0) is 5.41 Å². The molecule has 2 heteroatoms. The lowest BCUT2D eigenvalue weighted by Gasteiger charge is -2.13. The Balaban J connectivity index is 1.74. The maximum absolute atomic E-state index is 3.53. The quantitative estimate of drug-likeness (QED) is 0.865. The molecule has 2 atom stereocenters. The van der Waals surface area contributed by atoms with Crippen LogP contribution in [0.25, 0.3) is 10.4 Å². The van der Waals surface area contributed by atoms with Crippen molar-refractivity contribution in [3.05, 3.63) is 46.8 Å². The summed E-state index contributed by atoms with van der Waals surface area (Å²) in [5.41, 5.74) is 3.40. The monoisotopic (exact) mass is 255 g/mol. The summed E-state index contributed by atoms with van der Waals surface area (Å²) < 4.78 is 0. The van der Waals surface area contributed by atoms with Gasteiger partial charge >= 0.3 is 0 Å². The van der Waals surface area contributed by atoms with Crippen LogP contribution in [0.5, 0.6) is 0 Å². The third-order valence-corrected chi connectivity index (χ3v) is 5.58. The van der Waals surface area contributed by atoms with Gasteiger partial charge in [0.25, 0.3) is 0 Å². The number of nitrogens with one attached hydrogen (secondary N) is 1. The first-order valence-corrected chi connectivity index (χ1v) is 7.48. The number of hydrogen-bond acceptors (Lipinski definition) is 2. The van der Waals surface area contributed by atoms with Crippen LogP contribution >= 0.6 is 11.3 Å². The second-order valence-electron chi connectivity index (χ2n) is 5.68. The fourth-order valence-electron chi connectivity index (χ4n) is 3.36. The number of aryl methyl sites for hydroxylation is 1. The Kier molecular flexibility index (Phi) is 2.21. The smallest absolute Gasteiger partial charge is 0.0345 e. The third-order valence-electron chi connectivity index (χ3n) is 4.53. The van der Waals surface area contributed by atoms with Gasteiger partial charge in [0.1, 0.15) is 0 Å². The zero-order valence-electron chi connectivity index (χ0n) is 10.6. The van der Waals surface area contributed by atoms with Crippen LogP contribution < -0.4 is 5.32 Å². The summed E-state index contributed by atoms with van der Waals surface area (Å²) in [4.78, 5) is 2.79. The predicted molar refractivity (Wildman–Crippen MR) is 77.1 cm³/mol. The van der Waals surface area contributed by atoms with Crippen molar-refractivity contribution < 1.29 is 0 Å². The molecule has 1 aromatic carbocycles. The molecule has 0 spiro atoms. The molecule has 1 aromatic heterocycles. The Morgan fingerprint density at radius 1 is 1.28 bits per heavy atom. The summed E-state index contributed by atoms with van der Waals surface area (Å²) >= 11 is 1.89. The summed E-state index contributed by atoms with van der Waals surface area (Å²) in [7, 11) is 0. The Morgan fingerprint density at radius 3 is 2.89 bits per heavy atom. The molecule has 18 heavy (non-hydrogen) atoms. The average Bonchev–Trinajstić information content (AvgIpc) is 2.75. The number of piperidine rings is 1. The van der Waals surface area contributed by atoms with Crippen LogP contribution in [0.15, 0.2) is 36.4 Å². The first-order valence-electron chi connectivity index (χ1n) is 6.66. The minimum absolute atomic E-state index is 0.475. The van der Waals surface area contributed by atoms with E-state index in [1.54, 1.807) is 5.56 Å². The molecule has 1 saturated heterocycles. The molecule has 0 radical (unpaired) electrons. The molecule has 1 nitrogen and oxygen atoms in total. The van der Waals surface area contributed by atoms with E-state index in [1.807, 2.05) is 11.3 Å². The number of hydrogen-bond donors (Lipinski definition) is 1. The molecule has 1 aliphatic heterocycles. The fourth-order valence-corrected chi connectivity index (χ4v) is 4.23. The van der Waals surface area contributed by atoms with E-state index in [9.17, 15) is 0 Å². The van der Waals surface area contributed by atoms with Crippen molar-refractivity contribution in [2.75, 3.05) is 13.1 Å². The molecule has 2 heterocycles. The zero-order chi connectivity index (χ0) is 12.2. The second kappa shape index (κ2) is 3.69. The lowest BCUT2D eigenvalue weighted by Crippen LogP contribution is -2.19. The third kappa shape index (κ3) is 1.49. The van der Waals surface area contributed by atoms with Gasteiger partial charge in [-0.2, -0.15) is 0 Å². The first kappa shape index (κ1) is 10.8. The van der Waals surface area contributed by atoms with Crippen LogP contribution in [-0.4, -0.2) is 13.1 Å². The van der Waals surface area contributed by atoms with Crippen LogP contribution in [0.4, 0.5) is 0 Å². The Hall–Kier alpha value is -1.12. The van der Waals surface area contributed by atoms with Gasteiger partial charge in [-0.3, -0.25) is 0 Å². The van der Waals surface area contributed by atoms with E-state index in [0.29, 0.717) is 5.41 Å². The molecule has 1 N–H and O–H groups in total. The Labute approximate surface area is 112 Å². The van der Waals surface area contributed by atoms with E-state index in [-0.39, 0.29) is 0 Å². The molecular formula is C16H17NS. The number of benzene rings is 1. The maximum atomic E-state index is 3.53. The molecular weight excluding hydrogens is 238 g/mol. The average molecular weight is 255 g/mol. The van der Waals surface area contributed by atoms with Gasteiger partial charge in [0, 0.05) is 21.7 Å². The molecule has 2 fully saturated rings. The Morgan fingerprint density at radius 2 is 2.22 bits per heavy atom. The van der Waals surface area contributed by atoms with E-state index in [4.69, 9.17) is 0 Å². The van der Waals surface area contributed by atoms with Crippen LogP contribution in [0.2, 0.25) is 0 Å². The summed E-state index contributed by atoms with van der Waals surface area (Å²) in [6.07, 6.45) is 1.38. The minimum Gasteiger partial charge on any atom is -0.316 e. The molecule has 0 bridgehead atoms. The van der Waals surface area contributed by atoms with Crippen LogP contribution in [0.3, 0.4) is 0 Å². The van der Waals surface area contributed by atoms with Crippen molar-refractivity contribution in [3.63, 3.8) is 0 Å². The highest BCUT2D eigenvalue weighted by Gasteiger charge is 2.57. The van der Waals surface area contributed by atoms with E-state index in [2.05, 4.69) is 48.6 Å². The van der Waals surface area contributed by atoms with Gasteiger partial charge in [0.2, 0.25) is 0 Å². The van der Waals surface area contributed by atoms with E-state index in [0.717, 1.165) is 5.92 Å². The van der Waals surface area contributed by atoms with E-state index < -0.39 is 0 Å². The zero-order valence-corrected chi connectivity index (χ0v) is 11.4. The molecule has 2 aromatic rings. The highest BCUT2D eigenvalue weighted by molar-refractivity contribution is 7.15. The van der Waals surface area contributed by atoms with E-state index in [1.165, 1.54) is 34.8 Å². The van der Waals surface area contributed by atoms with Crippen molar-refractivity contribution in [1.82, 2.24) is 5.32 Å². The number of fused-ring (bicyclic) bond motifs is 1. The largest absolute Gasteiger partial charge is 0.316 e. The van der Waals surface area contributed by atoms with Crippen molar-refractivity contribution in [1.29, 1.82) is 0 Å². The predicted octanol–water partition coefficient (Wildman–Crippen LogP) is 3.58. The first-order chi connectivity index (χ1) is 8.78. The summed E-state index contributed by atoms with van der Waals surface area (Å²) in [6, 6.07) is 13.7. The minimum atomic E-state index is 0.475. The Bertz CT molecular complexity index is 601. The van der Waals surface area contributed by atoms with Gasteiger partial charge in [-0.15, -0.1) is 11.3 Å². The second-order valence-corrected chi connectivity index (χ2v) is 6.97. The lowest BCUT2D eigenvalue weighted by molar-refractivity contribution is 0.676. The van der Waals surface area contributed by atoms with Gasteiger partial charge in [-0.1, -0.05) is 18.2 Å². The standard InChI is InChI=1S/C16H17NS/c1-11-5-6-15(18-11)12-3-2-4-13(7-12)16-8-14(16)9-17-10-16/h2-7,14,17H,8-10H2,1H3/t14-,16+/m0/s1. The SMILES string of the molecule is Cc1ccc(-c2cccc([C@@]34CNC[C@@H]3C4)c2)s1. The summed E-state index contributed by atoms with van der Waals surface area (Å²) in [5.74, 6) is 0.887. The molecule has 2 aliphatic rings. The molecule has 1 saturated carbocycles. The molecule has 4 rings (SSSR count). The molecule has 0 amide bonds. The van der Waals surface area contributed by atoms with Crippen LogP contribution in [0, 0.1) is 12.8 Å². The molecule has 1 aliphatic carbocycles. The van der Waals surface area contributed by atoms with Crippen molar-refractivity contribution in [2.45, 2.75) is 18.8 Å². The lowest BCUT2D eigenvalue weighted by atomic mass is 9.93.